The van der Waals surface area contributed by atoms with Crippen LogP contribution in [0, 0.1) is 0 Å². The highest BCUT2D eigenvalue weighted by Crippen LogP contribution is 2.24. The van der Waals surface area contributed by atoms with Crippen molar-refractivity contribution in [1.29, 1.82) is 0 Å². The third kappa shape index (κ3) is 3.39. The van der Waals surface area contributed by atoms with Crippen LogP contribution in [-0.4, -0.2) is 15.3 Å². The summed E-state index contributed by atoms with van der Waals surface area (Å²) in [4.78, 5) is 17.9. The van der Waals surface area contributed by atoms with Crippen molar-refractivity contribution in [3.05, 3.63) is 77.4 Å². The highest BCUT2D eigenvalue weighted by molar-refractivity contribution is 7.15. The van der Waals surface area contributed by atoms with Crippen LogP contribution < -0.4 is 5.32 Å². The van der Waals surface area contributed by atoms with E-state index in [2.05, 4.69) is 36.5 Å². The number of thiazole rings is 1. The van der Waals surface area contributed by atoms with Gasteiger partial charge in [-0.1, -0.05) is 49.4 Å². The van der Waals surface area contributed by atoms with Crippen LogP contribution in [0.25, 0.3) is 16.2 Å². The van der Waals surface area contributed by atoms with E-state index < -0.39 is 0 Å². The van der Waals surface area contributed by atoms with E-state index in [0.717, 1.165) is 34.0 Å². The Morgan fingerprint density at radius 2 is 1.88 bits per heavy atom. The molecule has 0 radical (unpaired) electrons. The fraction of sp³-hybridized carbons (Fsp3) is 0.143. The quantitative estimate of drug-likeness (QED) is 0.555. The maximum absolute atomic E-state index is 12.3. The van der Waals surface area contributed by atoms with Gasteiger partial charge in [0.05, 0.1) is 12.1 Å². The summed E-state index contributed by atoms with van der Waals surface area (Å²) in [6, 6.07) is 18.0. The van der Waals surface area contributed by atoms with Crippen molar-refractivity contribution in [3.8, 4) is 11.3 Å². The summed E-state index contributed by atoms with van der Waals surface area (Å²) in [5.41, 5.74) is 5.10. The summed E-state index contributed by atoms with van der Waals surface area (Å²) in [5, 5.41) is 4.92. The maximum Gasteiger partial charge on any atom is 0.230 e. The largest absolute Gasteiger partial charge is 0.326 e. The number of nitrogens with zero attached hydrogens (tertiary/aromatic N) is 2. The Labute approximate surface area is 156 Å². The first-order valence-electron chi connectivity index (χ1n) is 8.62. The predicted molar refractivity (Wildman–Crippen MR) is 107 cm³/mol. The number of aromatic nitrogens is 2. The van der Waals surface area contributed by atoms with E-state index >= 15 is 0 Å². The van der Waals surface area contributed by atoms with Crippen LogP contribution in [0.2, 0.25) is 0 Å². The van der Waals surface area contributed by atoms with Crippen molar-refractivity contribution in [1.82, 2.24) is 9.38 Å². The Kier molecular flexibility index (Phi) is 4.54. The predicted octanol–water partition coefficient (Wildman–Crippen LogP) is 4.81. The Morgan fingerprint density at radius 3 is 2.62 bits per heavy atom. The van der Waals surface area contributed by atoms with Gasteiger partial charge >= 0.3 is 0 Å². The van der Waals surface area contributed by atoms with Gasteiger partial charge in [0, 0.05) is 28.5 Å². The Hall–Kier alpha value is -2.92. The van der Waals surface area contributed by atoms with Crippen molar-refractivity contribution >= 4 is 27.9 Å². The lowest BCUT2D eigenvalue weighted by Gasteiger charge is -2.04. The van der Waals surface area contributed by atoms with Crippen LogP contribution >= 0.6 is 11.3 Å². The number of aryl methyl sites for hydroxylation is 1. The summed E-state index contributed by atoms with van der Waals surface area (Å²) < 4.78 is 2.01. The lowest BCUT2D eigenvalue weighted by molar-refractivity contribution is -0.115. The number of hydrogen-bond donors (Lipinski definition) is 1. The number of hydrogen-bond acceptors (Lipinski definition) is 3. The molecular formula is C21H19N3OS. The molecule has 2 aromatic heterocycles. The Bertz CT molecular complexity index is 1030. The molecule has 0 saturated heterocycles. The summed E-state index contributed by atoms with van der Waals surface area (Å²) in [6.07, 6.45) is 3.36. The molecule has 0 fully saturated rings. The van der Waals surface area contributed by atoms with Gasteiger partial charge in [0.1, 0.15) is 0 Å². The average molecular weight is 361 g/mol. The zero-order chi connectivity index (χ0) is 17.9. The van der Waals surface area contributed by atoms with Gasteiger partial charge in [-0.05, 0) is 24.1 Å². The van der Waals surface area contributed by atoms with Crippen LogP contribution in [0.3, 0.4) is 0 Å². The number of anilines is 1. The van der Waals surface area contributed by atoms with Crippen molar-refractivity contribution in [2.75, 3.05) is 5.32 Å². The topological polar surface area (TPSA) is 46.4 Å². The van der Waals surface area contributed by atoms with Crippen LogP contribution in [0.4, 0.5) is 5.69 Å². The molecule has 0 bridgehead atoms. The molecule has 0 aliphatic heterocycles. The number of amides is 1. The molecule has 0 aliphatic rings. The molecule has 4 aromatic rings. The minimum atomic E-state index is -0.0292. The molecule has 0 spiro atoms. The van der Waals surface area contributed by atoms with E-state index in [1.165, 1.54) is 5.56 Å². The second kappa shape index (κ2) is 7.14. The molecule has 5 heteroatoms. The highest BCUT2D eigenvalue weighted by atomic mass is 32.1. The van der Waals surface area contributed by atoms with E-state index in [1.54, 1.807) is 11.3 Å². The number of fused-ring (bicyclic) bond motifs is 1. The van der Waals surface area contributed by atoms with Crippen molar-refractivity contribution < 1.29 is 4.79 Å². The number of carbonyl (C=O) groups excluding carboxylic acids is 1. The second-order valence-electron chi connectivity index (χ2n) is 6.15. The zero-order valence-corrected chi connectivity index (χ0v) is 15.3. The smallest absolute Gasteiger partial charge is 0.230 e. The molecule has 130 valence electrons. The number of imidazole rings is 1. The normalized spacial score (nSPS) is 11.0. The second-order valence-corrected chi connectivity index (χ2v) is 6.98. The van der Waals surface area contributed by atoms with Crippen LogP contribution in [0.15, 0.2) is 66.2 Å². The number of benzene rings is 2. The van der Waals surface area contributed by atoms with Gasteiger partial charge in [0.2, 0.25) is 5.91 Å². The van der Waals surface area contributed by atoms with E-state index in [9.17, 15) is 4.79 Å². The van der Waals surface area contributed by atoms with Crippen LogP contribution in [-0.2, 0) is 17.6 Å². The monoisotopic (exact) mass is 361 g/mol. The minimum absolute atomic E-state index is 0.0292. The Balaban J connectivity index is 1.55. The fourth-order valence-corrected chi connectivity index (χ4v) is 3.77. The van der Waals surface area contributed by atoms with Crippen molar-refractivity contribution in [2.24, 2.45) is 0 Å². The highest BCUT2D eigenvalue weighted by Gasteiger charge is 2.12. The summed E-state index contributed by atoms with van der Waals surface area (Å²) >= 11 is 1.56. The van der Waals surface area contributed by atoms with E-state index in [1.807, 2.05) is 46.3 Å². The maximum atomic E-state index is 12.3. The van der Waals surface area contributed by atoms with Crippen LogP contribution in [0.5, 0.6) is 0 Å². The van der Waals surface area contributed by atoms with E-state index in [0.29, 0.717) is 6.42 Å². The molecule has 0 aliphatic carbocycles. The van der Waals surface area contributed by atoms with Gasteiger partial charge in [-0.2, -0.15) is 0 Å². The molecule has 4 nitrogen and oxygen atoms in total. The van der Waals surface area contributed by atoms with Gasteiger partial charge in [-0.15, -0.1) is 11.3 Å². The summed E-state index contributed by atoms with van der Waals surface area (Å²) in [5.74, 6) is -0.0292. The number of rotatable bonds is 5. The standard InChI is InChI=1S/C21H19N3OS/c1-2-15-8-10-16(11-9-15)19-13-24-18(14-26-21(24)23-19)12-20(25)22-17-6-4-3-5-7-17/h3-11,13-14H,2,12H2,1H3,(H,22,25). The van der Waals surface area contributed by atoms with E-state index in [-0.39, 0.29) is 5.91 Å². The van der Waals surface area contributed by atoms with Gasteiger partial charge in [-0.3, -0.25) is 9.20 Å². The molecule has 0 unspecified atom stereocenters. The molecule has 2 aromatic carbocycles. The third-order valence-corrected chi connectivity index (χ3v) is 5.23. The molecule has 26 heavy (non-hydrogen) atoms. The number of carbonyl (C=O) groups is 1. The number of para-hydroxylation sites is 1. The molecular weight excluding hydrogens is 342 g/mol. The van der Waals surface area contributed by atoms with Crippen molar-refractivity contribution in [2.45, 2.75) is 19.8 Å². The van der Waals surface area contributed by atoms with Gasteiger partial charge in [0.25, 0.3) is 0 Å². The SMILES string of the molecule is CCc1ccc(-c2cn3c(CC(=O)Nc4ccccc4)csc3n2)cc1. The summed E-state index contributed by atoms with van der Waals surface area (Å²) in [7, 11) is 0. The van der Waals surface area contributed by atoms with E-state index in [4.69, 9.17) is 4.98 Å². The lowest BCUT2D eigenvalue weighted by atomic mass is 10.1. The zero-order valence-electron chi connectivity index (χ0n) is 14.5. The van der Waals surface area contributed by atoms with Gasteiger partial charge in [0.15, 0.2) is 4.96 Å². The van der Waals surface area contributed by atoms with Gasteiger partial charge in [-0.25, -0.2) is 4.98 Å². The lowest BCUT2D eigenvalue weighted by Crippen LogP contribution is -2.15. The third-order valence-electron chi connectivity index (χ3n) is 4.34. The fourth-order valence-electron chi connectivity index (χ4n) is 2.90. The van der Waals surface area contributed by atoms with Gasteiger partial charge < -0.3 is 5.32 Å². The molecule has 2 heterocycles. The minimum Gasteiger partial charge on any atom is -0.326 e. The number of nitrogens with one attached hydrogen (secondary N) is 1. The first-order valence-corrected chi connectivity index (χ1v) is 9.50. The first-order chi connectivity index (χ1) is 12.7. The average Bonchev–Trinajstić information content (AvgIpc) is 3.25. The first kappa shape index (κ1) is 16.5. The summed E-state index contributed by atoms with van der Waals surface area (Å²) in [6.45, 7) is 2.15. The molecule has 4 rings (SSSR count). The Morgan fingerprint density at radius 1 is 1.12 bits per heavy atom. The molecule has 0 atom stereocenters. The van der Waals surface area contributed by atoms with Crippen LogP contribution in [0.1, 0.15) is 18.2 Å². The van der Waals surface area contributed by atoms with Crippen molar-refractivity contribution in [3.63, 3.8) is 0 Å². The molecule has 0 saturated carbocycles. The molecule has 1 N–H and O–H groups in total. The molecule has 1 amide bonds.